The number of benzene rings is 9. The second-order valence-corrected chi connectivity index (χ2v) is 15.7. The van der Waals surface area contributed by atoms with Crippen molar-refractivity contribution in [2.45, 2.75) is 0 Å². The Morgan fingerprint density at radius 1 is 0.194 bits per heavy atom. The van der Waals surface area contributed by atoms with E-state index in [0.717, 1.165) is 72.3 Å². The molecule has 2 nitrogen and oxygen atoms in total. The third kappa shape index (κ3) is 7.14. The summed E-state index contributed by atoms with van der Waals surface area (Å²) in [6.45, 7) is 0. The van der Waals surface area contributed by atoms with Crippen LogP contribution in [0, 0.1) is 0 Å². The van der Waals surface area contributed by atoms with Gasteiger partial charge in [0.2, 0.25) is 0 Å². The summed E-state index contributed by atoms with van der Waals surface area (Å²) >= 11 is 0. The summed E-state index contributed by atoms with van der Waals surface area (Å²) in [5, 5.41) is 3.43. The van der Waals surface area contributed by atoms with E-state index in [-0.39, 0.29) is 0 Å². The van der Waals surface area contributed by atoms with Crippen molar-refractivity contribution in [2.24, 2.45) is 0 Å². The Morgan fingerprint density at radius 3 is 1.00 bits per heavy atom. The molecule has 0 radical (unpaired) electrons. The smallest absolute Gasteiger partial charge is 0.0794 e. The fourth-order valence-corrected chi connectivity index (χ4v) is 8.67. The van der Waals surface area contributed by atoms with Gasteiger partial charge in [0.05, 0.1) is 22.6 Å². The molecule has 11 rings (SSSR count). The Balaban J connectivity index is 1.05. The minimum atomic E-state index is 0.931. The van der Waals surface area contributed by atoms with Gasteiger partial charge in [0.25, 0.3) is 0 Å². The van der Waals surface area contributed by atoms with E-state index in [1.165, 1.54) is 38.8 Å². The first-order valence-electron chi connectivity index (χ1n) is 21.1. The van der Waals surface area contributed by atoms with E-state index in [0.29, 0.717) is 0 Å². The van der Waals surface area contributed by atoms with Gasteiger partial charge in [-0.2, -0.15) is 0 Å². The first-order chi connectivity index (χ1) is 30.7. The molecular weight excluding hydrogens is 749 g/mol. The quantitative estimate of drug-likeness (QED) is 0.143. The minimum absolute atomic E-state index is 0.931. The monoisotopic (exact) mass is 788 g/mol. The minimum Gasteiger partial charge on any atom is -0.248 e. The molecule has 0 fully saturated rings. The molecule has 0 unspecified atom stereocenters. The molecule has 2 heterocycles. The maximum atomic E-state index is 5.51. The van der Waals surface area contributed by atoms with Gasteiger partial charge in [0, 0.05) is 27.5 Å². The highest BCUT2D eigenvalue weighted by molar-refractivity contribution is 6.16. The largest absolute Gasteiger partial charge is 0.248 e. The lowest BCUT2D eigenvalue weighted by Crippen LogP contribution is -1.94. The van der Waals surface area contributed by atoms with Crippen LogP contribution in [-0.4, -0.2) is 9.97 Å². The highest BCUT2D eigenvalue weighted by atomic mass is 14.7. The number of hydrogen-bond acceptors (Lipinski definition) is 2. The van der Waals surface area contributed by atoms with E-state index >= 15 is 0 Å². The van der Waals surface area contributed by atoms with E-state index < -0.39 is 0 Å². The summed E-state index contributed by atoms with van der Waals surface area (Å²) in [7, 11) is 0. The van der Waals surface area contributed by atoms with Gasteiger partial charge in [-0.15, -0.1) is 0 Å². The number of pyridine rings is 2. The number of aromatic nitrogens is 2. The van der Waals surface area contributed by atoms with Crippen molar-refractivity contribution in [3.05, 3.63) is 243 Å². The van der Waals surface area contributed by atoms with E-state index in [4.69, 9.17) is 9.97 Å². The van der Waals surface area contributed by atoms with Gasteiger partial charge in [-0.25, -0.2) is 9.97 Å². The van der Waals surface area contributed by atoms with Gasteiger partial charge in [-0.3, -0.25) is 0 Å². The van der Waals surface area contributed by atoms with Crippen molar-refractivity contribution in [1.82, 2.24) is 9.97 Å². The lowest BCUT2D eigenvalue weighted by atomic mass is 9.90. The number of nitrogens with zero attached hydrogens (tertiary/aromatic N) is 2. The highest BCUT2D eigenvalue weighted by Gasteiger charge is 2.17. The molecule has 0 aliphatic heterocycles. The first-order valence-corrected chi connectivity index (χ1v) is 21.1. The zero-order valence-corrected chi connectivity index (χ0v) is 34.0. The Morgan fingerprint density at radius 2 is 0.516 bits per heavy atom. The van der Waals surface area contributed by atoms with Gasteiger partial charge in [0.1, 0.15) is 0 Å². The molecule has 9 aromatic carbocycles. The van der Waals surface area contributed by atoms with Crippen molar-refractivity contribution >= 4 is 21.7 Å². The summed E-state index contributed by atoms with van der Waals surface area (Å²) in [6.07, 6.45) is 0. The SMILES string of the molecule is c1ccc(-c2ccc(-c3cc4c(-c5ccc(-c6ccccc6)cc5)cc(-c5ccc(-c6cc(-c7ccccc7)nc(-c7ccccc7)c6)cc5)nc4c4ccccc34)cc2)cc1. The Bertz CT molecular complexity index is 3270. The van der Waals surface area contributed by atoms with Gasteiger partial charge in [0.15, 0.2) is 0 Å². The fraction of sp³-hybridized carbons (Fsp3) is 0. The van der Waals surface area contributed by atoms with E-state index in [9.17, 15) is 0 Å². The third-order valence-corrected chi connectivity index (χ3v) is 11.9. The van der Waals surface area contributed by atoms with Gasteiger partial charge in [-0.05, 0) is 85.3 Å². The number of hydrogen-bond donors (Lipinski definition) is 0. The first kappa shape index (κ1) is 36.8. The van der Waals surface area contributed by atoms with Crippen LogP contribution in [0.2, 0.25) is 0 Å². The molecule has 2 heteroatoms. The Labute approximate surface area is 362 Å². The van der Waals surface area contributed by atoms with E-state index in [2.05, 4.69) is 231 Å². The molecular formula is C60H40N2. The lowest BCUT2D eigenvalue weighted by Gasteiger charge is -2.16. The zero-order valence-electron chi connectivity index (χ0n) is 34.0. The maximum absolute atomic E-state index is 5.51. The molecule has 0 aliphatic rings. The zero-order chi connectivity index (χ0) is 41.2. The predicted molar refractivity (Wildman–Crippen MR) is 261 cm³/mol. The Hall–Kier alpha value is -8.20. The molecule has 0 N–H and O–H groups in total. The molecule has 0 atom stereocenters. The standard InChI is InChI=1S/C60H40N2/c1-5-15-41(16-6-1)43-25-31-46(32-26-43)54-39-56-55(47-33-27-44(28-34-47)42-17-7-2-8-18-42)40-59(62-60(56)53-24-14-13-23-52(53)54)50-35-29-45(30-36-50)51-37-57(48-19-9-3-10-20-48)61-58(38-51)49-21-11-4-12-22-49/h1-40H. The van der Waals surface area contributed by atoms with Crippen LogP contribution < -0.4 is 0 Å². The van der Waals surface area contributed by atoms with Gasteiger partial charge >= 0.3 is 0 Å². The molecule has 0 amide bonds. The molecule has 290 valence electrons. The van der Waals surface area contributed by atoms with Crippen LogP contribution in [0.1, 0.15) is 0 Å². The van der Waals surface area contributed by atoms with Crippen molar-refractivity contribution in [3.63, 3.8) is 0 Å². The lowest BCUT2D eigenvalue weighted by molar-refractivity contribution is 1.32. The molecule has 2 aromatic heterocycles. The van der Waals surface area contributed by atoms with Crippen LogP contribution >= 0.6 is 0 Å². The summed E-state index contributed by atoms with van der Waals surface area (Å²) < 4.78 is 0. The summed E-state index contributed by atoms with van der Waals surface area (Å²) in [6, 6.07) is 86.5. The molecule has 0 aliphatic carbocycles. The molecule has 0 saturated heterocycles. The van der Waals surface area contributed by atoms with Crippen LogP contribution in [0.25, 0.3) is 111 Å². The molecule has 0 bridgehead atoms. The average molecular weight is 789 g/mol. The van der Waals surface area contributed by atoms with Crippen molar-refractivity contribution in [3.8, 4) is 89.4 Å². The van der Waals surface area contributed by atoms with Crippen LogP contribution in [0.3, 0.4) is 0 Å². The van der Waals surface area contributed by atoms with Crippen LogP contribution in [0.15, 0.2) is 243 Å². The van der Waals surface area contributed by atoms with Crippen molar-refractivity contribution in [1.29, 1.82) is 0 Å². The van der Waals surface area contributed by atoms with Gasteiger partial charge < -0.3 is 0 Å². The number of rotatable bonds is 8. The Kier molecular flexibility index (Phi) is 9.57. The van der Waals surface area contributed by atoms with E-state index in [1.807, 2.05) is 12.1 Å². The maximum Gasteiger partial charge on any atom is 0.0794 e. The summed E-state index contributed by atoms with van der Waals surface area (Å²) in [4.78, 5) is 10.6. The highest BCUT2D eigenvalue weighted by Crippen LogP contribution is 2.41. The van der Waals surface area contributed by atoms with Crippen LogP contribution in [0.5, 0.6) is 0 Å². The number of fused-ring (bicyclic) bond motifs is 3. The third-order valence-electron chi connectivity index (χ3n) is 11.9. The molecule has 11 aromatic rings. The second-order valence-electron chi connectivity index (χ2n) is 15.7. The van der Waals surface area contributed by atoms with Crippen LogP contribution in [0.4, 0.5) is 0 Å². The topological polar surface area (TPSA) is 25.8 Å². The van der Waals surface area contributed by atoms with E-state index in [1.54, 1.807) is 0 Å². The predicted octanol–water partition coefficient (Wildman–Crippen LogP) is 16.1. The van der Waals surface area contributed by atoms with Crippen molar-refractivity contribution < 1.29 is 0 Å². The molecule has 62 heavy (non-hydrogen) atoms. The normalized spacial score (nSPS) is 11.2. The van der Waals surface area contributed by atoms with Crippen LogP contribution in [-0.2, 0) is 0 Å². The van der Waals surface area contributed by atoms with Gasteiger partial charge in [-0.1, -0.05) is 218 Å². The van der Waals surface area contributed by atoms with Crippen molar-refractivity contribution in [2.75, 3.05) is 0 Å². The summed E-state index contributed by atoms with van der Waals surface area (Å²) in [5.74, 6) is 0. The summed E-state index contributed by atoms with van der Waals surface area (Å²) in [5.41, 5.74) is 18.8. The molecule has 0 spiro atoms. The second kappa shape index (κ2) is 16.1. The fourth-order valence-electron chi connectivity index (χ4n) is 8.67. The molecule has 0 saturated carbocycles. The average Bonchev–Trinajstić information content (AvgIpc) is 3.37.